The molecule has 30 heavy (non-hydrogen) atoms. The Labute approximate surface area is 180 Å². The van der Waals surface area contributed by atoms with Crippen LogP contribution in [0.25, 0.3) is 0 Å². The van der Waals surface area contributed by atoms with Gasteiger partial charge in [-0.05, 0) is 28.0 Å². The Morgan fingerprint density at radius 1 is 0.733 bits per heavy atom. The zero-order valence-electron chi connectivity index (χ0n) is 18.9. The van der Waals surface area contributed by atoms with E-state index in [1.165, 1.54) is 11.1 Å². The lowest BCUT2D eigenvalue weighted by Crippen LogP contribution is -2.26. The summed E-state index contributed by atoms with van der Waals surface area (Å²) < 4.78 is 6.78. The van der Waals surface area contributed by atoms with Gasteiger partial charge in [0.2, 0.25) is 0 Å². The van der Waals surface area contributed by atoms with Crippen molar-refractivity contribution < 1.29 is 4.74 Å². The highest BCUT2D eigenvalue weighted by Crippen LogP contribution is 2.47. The summed E-state index contributed by atoms with van der Waals surface area (Å²) in [5.41, 5.74) is 6.57. The third-order valence-corrected chi connectivity index (χ3v) is 5.64. The monoisotopic (exact) mass is 397 g/mol. The zero-order chi connectivity index (χ0) is 21.5. The van der Waals surface area contributed by atoms with Crippen molar-refractivity contribution in [3.63, 3.8) is 0 Å². The fourth-order valence-corrected chi connectivity index (χ4v) is 3.85. The van der Waals surface area contributed by atoms with Crippen molar-refractivity contribution in [1.82, 2.24) is 0 Å². The van der Waals surface area contributed by atoms with E-state index in [0.717, 1.165) is 28.3 Å². The number of benzene rings is 3. The summed E-state index contributed by atoms with van der Waals surface area (Å²) in [5.74, 6) is 0.907. The van der Waals surface area contributed by atoms with Crippen LogP contribution in [0.1, 0.15) is 69.9 Å². The minimum atomic E-state index is -0.234. The molecule has 0 saturated carbocycles. The highest BCUT2D eigenvalue weighted by Gasteiger charge is 2.33. The van der Waals surface area contributed by atoms with E-state index in [1.54, 1.807) is 0 Å². The number of rotatable bonds is 2. The summed E-state index contributed by atoms with van der Waals surface area (Å²) in [6.45, 7) is 13.5. The van der Waals surface area contributed by atoms with E-state index < -0.39 is 0 Å². The van der Waals surface area contributed by atoms with Crippen molar-refractivity contribution >= 4 is 11.4 Å². The predicted octanol–water partition coefficient (Wildman–Crippen LogP) is 7.54. The molecule has 1 atom stereocenters. The van der Waals surface area contributed by atoms with E-state index in [0.29, 0.717) is 0 Å². The third-order valence-electron chi connectivity index (χ3n) is 5.64. The predicted molar refractivity (Wildman–Crippen MR) is 126 cm³/mol. The Balaban J connectivity index is 1.98. The average Bonchev–Trinajstić information content (AvgIpc) is 2.72. The first-order valence-corrected chi connectivity index (χ1v) is 10.7. The maximum Gasteiger partial charge on any atom is 0.166 e. The second-order valence-corrected chi connectivity index (χ2v) is 10.1. The summed E-state index contributed by atoms with van der Waals surface area (Å²) in [7, 11) is 0. The largest absolute Gasteiger partial charge is 0.477 e. The minimum absolute atomic E-state index is 0.0355. The molecule has 1 heterocycles. The molecule has 3 aromatic rings. The SMILES string of the molecule is CC(C)(C)c1cc2c(c(C(C)(C)C)c1)OC(c1ccccc1)C(c1ccccc1)=N2. The molecule has 2 heteroatoms. The van der Waals surface area contributed by atoms with Crippen LogP contribution in [0, 0.1) is 0 Å². The van der Waals surface area contributed by atoms with E-state index in [1.807, 2.05) is 12.1 Å². The van der Waals surface area contributed by atoms with Crippen LogP contribution in [0.2, 0.25) is 0 Å². The van der Waals surface area contributed by atoms with Gasteiger partial charge in [0.05, 0.1) is 5.71 Å². The Morgan fingerprint density at radius 3 is 1.90 bits per heavy atom. The number of hydrogen-bond acceptors (Lipinski definition) is 2. The molecule has 0 spiro atoms. The quantitative estimate of drug-likeness (QED) is 0.438. The lowest BCUT2D eigenvalue weighted by molar-refractivity contribution is 0.263. The Bertz CT molecular complexity index is 1070. The maximum atomic E-state index is 6.78. The molecule has 0 radical (unpaired) electrons. The lowest BCUT2D eigenvalue weighted by atomic mass is 9.79. The van der Waals surface area contributed by atoms with Gasteiger partial charge in [-0.2, -0.15) is 0 Å². The van der Waals surface area contributed by atoms with E-state index in [-0.39, 0.29) is 16.9 Å². The van der Waals surface area contributed by atoms with Crippen LogP contribution < -0.4 is 4.74 Å². The number of hydrogen-bond donors (Lipinski definition) is 0. The molecule has 1 unspecified atom stereocenters. The maximum absolute atomic E-state index is 6.78. The normalized spacial score (nSPS) is 16.5. The molecular weight excluding hydrogens is 366 g/mol. The molecule has 3 aromatic carbocycles. The standard InChI is InChI=1S/C28H31NO/c1-27(2,3)21-17-22(28(4,5)6)26-23(18-21)29-24(19-13-9-7-10-14-19)25(30-26)20-15-11-8-12-16-20/h7-18,25H,1-6H3. The van der Waals surface area contributed by atoms with Gasteiger partial charge in [-0.25, -0.2) is 4.99 Å². The van der Waals surface area contributed by atoms with Gasteiger partial charge in [0.15, 0.2) is 6.10 Å². The van der Waals surface area contributed by atoms with Crippen molar-refractivity contribution in [2.75, 3.05) is 0 Å². The second kappa shape index (κ2) is 7.43. The van der Waals surface area contributed by atoms with Crippen LogP contribution in [-0.4, -0.2) is 5.71 Å². The van der Waals surface area contributed by atoms with Crippen molar-refractivity contribution in [2.24, 2.45) is 4.99 Å². The Kier molecular flexibility index (Phi) is 5.05. The lowest BCUT2D eigenvalue weighted by Gasteiger charge is -2.33. The molecule has 154 valence electrons. The number of aliphatic imine (C=N–C) groups is 1. The molecular formula is C28H31NO. The molecule has 0 aliphatic carbocycles. The van der Waals surface area contributed by atoms with Gasteiger partial charge in [-0.15, -0.1) is 0 Å². The molecule has 0 fully saturated rings. The summed E-state index contributed by atoms with van der Waals surface area (Å²) >= 11 is 0. The summed E-state index contributed by atoms with van der Waals surface area (Å²) in [6, 6.07) is 25.3. The van der Waals surface area contributed by atoms with Crippen molar-refractivity contribution in [3.05, 3.63) is 95.1 Å². The fourth-order valence-electron chi connectivity index (χ4n) is 3.85. The molecule has 1 aliphatic heterocycles. The minimum Gasteiger partial charge on any atom is -0.477 e. The van der Waals surface area contributed by atoms with E-state index in [9.17, 15) is 0 Å². The highest BCUT2D eigenvalue weighted by atomic mass is 16.5. The van der Waals surface area contributed by atoms with E-state index >= 15 is 0 Å². The number of ether oxygens (including phenoxy) is 1. The molecule has 0 saturated heterocycles. The molecule has 4 rings (SSSR count). The Hall–Kier alpha value is -2.87. The van der Waals surface area contributed by atoms with Crippen LogP contribution in [0.5, 0.6) is 5.75 Å². The van der Waals surface area contributed by atoms with Gasteiger partial charge < -0.3 is 4.74 Å². The van der Waals surface area contributed by atoms with Gasteiger partial charge in [0.1, 0.15) is 11.4 Å². The molecule has 0 aromatic heterocycles. The molecule has 0 N–H and O–H groups in total. The summed E-state index contributed by atoms with van der Waals surface area (Å²) in [6.07, 6.45) is -0.234. The molecule has 0 bridgehead atoms. The first kappa shape index (κ1) is 20.4. The van der Waals surface area contributed by atoms with Gasteiger partial charge in [0.25, 0.3) is 0 Å². The Morgan fingerprint density at radius 2 is 1.33 bits per heavy atom. The van der Waals surface area contributed by atoms with Crippen molar-refractivity contribution in [2.45, 2.75) is 58.5 Å². The van der Waals surface area contributed by atoms with Gasteiger partial charge in [-0.3, -0.25) is 0 Å². The summed E-state index contributed by atoms with van der Waals surface area (Å²) in [5, 5.41) is 0. The van der Waals surface area contributed by atoms with E-state index in [4.69, 9.17) is 9.73 Å². The fraction of sp³-hybridized carbons (Fsp3) is 0.321. The smallest absolute Gasteiger partial charge is 0.166 e. The van der Waals surface area contributed by atoms with Gasteiger partial charge >= 0.3 is 0 Å². The number of nitrogens with zero attached hydrogens (tertiary/aromatic N) is 1. The molecule has 0 amide bonds. The van der Waals surface area contributed by atoms with Crippen molar-refractivity contribution in [1.29, 1.82) is 0 Å². The first-order chi connectivity index (χ1) is 14.1. The van der Waals surface area contributed by atoms with Crippen LogP contribution in [0.3, 0.4) is 0 Å². The van der Waals surface area contributed by atoms with Gasteiger partial charge in [-0.1, -0.05) is 108 Å². The van der Waals surface area contributed by atoms with Crippen LogP contribution in [-0.2, 0) is 10.8 Å². The number of fused-ring (bicyclic) bond motifs is 1. The summed E-state index contributed by atoms with van der Waals surface area (Å²) in [4.78, 5) is 5.21. The second-order valence-electron chi connectivity index (χ2n) is 10.1. The van der Waals surface area contributed by atoms with Crippen LogP contribution >= 0.6 is 0 Å². The van der Waals surface area contributed by atoms with E-state index in [2.05, 4.69) is 102 Å². The van der Waals surface area contributed by atoms with Crippen LogP contribution in [0.4, 0.5) is 5.69 Å². The molecule has 2 nitrogen and oxygen atoms in total. The van der Waals surface area contributed by atoms with Crippen molar-refractivity contribution in [3.8, 4) is 5.75 Å². The van der Waals surface area contributed by atoms with Gasteiger partial charge in [0, 0.05) is 11.1 Å². The highest BCUT2D eigenvalue weighted by molar-refractivity contribution is 6.07. The first-order valence-electron chi connectivity index (χ1n) is 10.7. The zero-order valence-corrected chi connectivity index (χ0v) is 18.9. The molecule has 1 aliphatic rings. The average molecular weight is 398 g/mol. The third kappa shape index (κ3) is 3.92. The topological polar surface area (TPSA) is 21.6 Å². The van der Waals surface area contributed by atoms with Crippen LogP contribution in [0.15, 0.2) is 77.8 Å².